The van der Waals surface area contributed by atoms with E-state index in [4.69, 9.17) is 14.2 Å². The van der Waals surface area contributed by atoms with Crippen molar-refractivity contribution in [2.24, 2.45) is 0 Å². The van der Waals surface area contributed by atoms with Gasteiger partial charge in [-0.2, -0.15) is 0 Å². The number of esters is 1. The molecule has 3 aromatic rings. The first-order chi connectivity index (χ1) is 18.9. The van der Waals surface area contributed by atoms with Gasteiger partial charge in [0.15, 0.2) is 0 Å². The van der Waals surface area contributed by atoms with Crippen LogP contribution in [0.1, 0.15) is 54.3 Å². The van der Waals surface area contributed by atoms with E-state index in [0.29, 0.717) is 35.9 Å². The Balaban J connectivity index is 1.60. The highest BCUT2D eigenvalue weighted by Crippen LogP contribution is 2.32. The summed E-state index contributed by atoms with van der Waals surface area (Å²) in [6, 6.07) is 13.2. The van der Waals surface area contributed by atoms with Crippen LogP contribution < -0.4 is 10.1 Å². The van der Waals surface area contributed by atoms with Gasteiger partial charge >= 0.3 is 12.1 Å². The number of likely N-dealkylation sites (tertiary alicyclic amines) is 1. The Morgan fingerprint density at radius 1 is 1.02 bits per heavy atom. The molecule has 2 atom stereocenters. The number of carbonyl (C=O) groups excluding carboxylic acids is 3. The highest BCUT2D eigenvalue weighted by atomic mass is 16.6. The second-order valence-electron chi connectivity index (χ2n) is 10.7. The van der Waals surface area contributed by atoms with Crippen molar-refractivity contribution < 1.29 is 38.8 Å². The number of phenols is 2. The lowest BCUT2D eigenvalue weighted by Crippen LogP contribution is -2.51. The first kappa shape index (κ1) is 28.5. The maximum Gasteiger partial charge on any atom is 0.410 e. The topological polar surface area (TPSA) is 135 Å². The summed E-state index contributed by atoms with van der Waals surface area (Å²) in [5.74, 6) is -0.923. The van der Waals surface area contributed by atoms with Crippen LogP contribution in [0, 0.1) is 0 Å². The molecule has 4 rings (SSSR count). The molecular weight excluding hydrogens is 516 g/mol. The van der Waals surface area contributed by atoms with E-state index < -0.39 is 35.7 Å². The van der Waals surface area contributed by atoms with Gasteiger partial charge in [0.1, 0.15) is 34.5 Å². The summed E-state index contributed by atoms with van der Waals surface area (Å²) in [6.45, 7) is 5.68. The van der Waals surface area contributed by atoms with Crippen molar-refractivity contribution in [3.63, 3.8) is 0 Å². The Bertz CT molecular complexity index is 1400. The Morgan fingerprint density at radius 3 is 2.42 bits per heavy atom. The number of nitrogens with zero attached hydrogens (tertiary/aromatic N) is 1. The highest BCUT2D eigenvalue weighted by molar-refractivity contribution is 6.00. The molecule has 3 aromatic carbocycles. The van der Waals surface area contributed by atoms with Crippen molar-refractivity contribution in [3.05, 3.63) is 65.7 Å². The summed E-state index contributed by atoms with van der Waals surface area (Å²) in [5, 5.41) is 24.5. The molecule has 0 aliphatic carbocycles. The van der Waals surface area contributed by atoms with E-state index in [0.717, 1.165) is 0 Å². The van der Waals surface area contributed by atoms with Crippen molar-refractivity contribution in [1.29, 1.82) is 0 Å². The van der Waals surface area contributed by atoms with Crippen LogP contribution in [-0.2, 0) is 9.47 Å². The molecule has 10 nitrogen and oxygen atoms in total. The molecule has 2 amide bonds. The van der Waals surface area contributed by atoms with Crippen molar-refractivity contribution in [2.45, 2.75) is 51.4 Å². The minimum Gasteiger partial charge on any atom is -0.508 e. The van der Waals surface area contributed by atoms with Gasteiger partial charge in [0.05, 0.1) is 13.2 Å². The SMILES string of the molecule is COc1cccc2cc(C(=O)OC3CCCN(C(=O)OC(C)(C)C)CC3NC(=O)c3ccc(O)cc3)c(O)cc12. The van der Waals surface area contributed by atoms with E-state index in [2.05, 4.69) is 5.32 Å². The molecule has 1 aliphatic heterocycles. The summed E-state index contributed by atoms with van der Waals surface area (Å²) in [6.07, 6.45) is -0.497. The zero-order valence-electron chi connectivity index (χ0n) is 23.0. The first-order valence-corrected chi connectivity index (χ1v) is 13.0. The number of nitrogens with one attached hydrogen (secondary N) is 1. The van der Waals surface area contributed by atoms with Gasteiger partial charge in [-0.3, -0.25) is 4.79 Å². The standard InChI is InChI=1S/C30H34N2O8/c1-30(2,3)40-29(37)32-14-6-9-26(23(17-32)31-27(35)18-10-12-20(33)13-11-18)39-28(36)22-15-19-7-5-8-25(38-4)21(19)16-24(22)34/h5,7-8,10-13,15-16,23,26,33-34H,6,9,14,17H2,1-4H3,(H,31,35). The second kappa shape index (κ2) is 11.7. The lowest BCUT2D eigenvalue weighted by Gasteiger charge is -2.30. The molecular formula is C30H34N2O8. The van der Waals surface area contributed by atoms with Gasteiger partial charge in [-0.05, 0) is 81.5 Å². The number of fused-ring (bicyclic) bond motifs is 1. The van der Waals surface area contributed by atoms with Gasteiger partial charge in [0, 0.05) is 24.0 Å². The lowest BCUT2D eigenvalue weighted by atomic mass is 10.0. The van der Waals surface area contributed by atoms with Gasteiger partial charge in [-0.15, -0.1) is 0 Å². The van der Waals surface area contributed by atoms with Crippen molar-refractivity contribution >= 4 is 28.7 Å². The molecule has 0 aromatic heterocycles. The maximum atomic E-state index is 13.3. The number of amides is 2. The Labute approximate surface area is 232 Å². The minimum atomic E-state index is -0.804. The van der Waals surface area contributed by atoms with E-state index in [1.807, 2.05) is 0 Å². The zero-order chi connectivity index (χ0) is 29.0. The highest BCUT2D eigenvalue weighted by Gasteiger charge is 2.35. The fourth-order valence-electron chi connectivity index (χ4n) is 4.59. The van der Waals surface area contributed by atoms with Crippen molar-refractivity contribution in [2.75, 3.05) is 20.2 Å². The monoisotopic (exact) mass is 550 g/mol. The number of benzene rings is 3. The zero-order valence-corrected chi connectivity index (χ0v) is 23.0. The number of carbonyl (C=O) groups is 3. The minimum absolute atomic E-state index is 0.0155. The molecule has 2 unspecified atom stereocenters. The molecule has 0 spiro atoms. The van der Waals surface area contributed by atoms with Crippen molar-refractivity contribution in [3.8, 4) is 17.2 Å². The Morgan fingerprint density at radius 2 is 1.75 bits per heavy atom. The van der Waals surface area contributed by atoms with Gasteiger partial charge < -0.3 is 34.6 Å². The van der Waals surface area contributed by atoms with Gasteiger partial charge in [0.25, 0.3) is 5.91 Å². The first-order valence-electron chi connectivity index (χ1n) is 13.0. The normalized spacial score (nSPS) is 17.6. The van der Waals surface area contributed by atoms with E-state index in [-0.39, 0.29) is 29.2 Å². The average Bonchev–Trinajstić information content (AvgIpc) is 3.09. The van der Waals surface area contributed by atoms with Crippen LogP contribution in [0.15, 0.2) is 54.6 Å². The summed E-state index contributed by atoms with van der Waals surface area (Å²) in [7, 11) is 1.52. The van der Waals surface area contributed by atoms with E-state index >= 15 is 0 Å². The molecule has 0 saturated carbocycles. The van der Waals surface area contributed by atoms with Crippen LogP contribution in [0.5, 0.6) is 17.2 Å². The molecule has 212 valence electrons. The largest absolute Gasteiger partial charge is 0.508 e. The van der Waals surface area contributed by atoms with Gasteiger partial charge in [-0.1, -0.05) is 12.1 Å². The summed E-state index contributed by atoms with van der Waals surface area (Å²) in [4.78, 5) is 40.8. The quantitative estimate of drug-likeness (QED) is 0.392. The van der Waals surface area contributed by atoms with Crippen LogP contribution >= 0.6 is 0 Å². The third kappa shape index (κ3) is 6.74. The summed E-state index contributed by atoms with van der Waals surface area (Å²) < 4.78 is 16.8. The number of ether oxygens (including phenoxy) is 3. The predicted octanol–water partition coefficient (Wildman–Crippen LogP) is 4.61. The van der Waals surface area contributed by atoms with Crippen LogP contribution in [0.4, 0.5) is 4.79 Å². The number of methoxy groups -OCH3 is 1. The van der Waals surface area contributed by atoms with E-state index in [9.17, 15) is 24.6 Å². The molecule has 1 fully saturated rings. The smallest absolute Gasteiger partial charge is 0.410 e. The Kier molecular flexibility index (Phi) is 8.37. The third-order valence-electron chi connectivity index (χ3n) is 6.54. The van der Waals surface area contributed by atoms with Crippen molar-refractivity contribution in [1.82, 2.24) is 10.2 Å². The van der Waals surface area contributed by atoms with E-state index in [1.165, 1.54) is 48.4 Å². The number of hydrogen-bond donors (Lipinski definition) is 3. The molecule has 1 heterocycles. The number of phenolic OH excluding ortho intramolecular Hbond substituents is 2. The van der Waals surface area contributed by atoms with Crippen LogP contribution in [0.3, 0.4) is 0 Å². The molecule has 0 bridgehead atoms. The number of rotatable bonds is 5. The van der Waals surface area contributed by atoms with Gasteiger partial charge in [0.2, 0.25) is 0 Å². The molecule has 40 heavy (non-hydrogen) atoms. The third-order valence-corrected chi connectivity index (χ3v) is 6.54. The summed E-state index contributed by atoms with van der Waals surface area (Å²) >= 11 is 0. The van der Waals surface area contributed by atoms with Crippen LogP contribution in [0.2, 0.25) is 0 Å². The predicted molar refractivity (Wildman–Crippen MR) is 148 cm³/mol. The van der Waals surface area contributed by atoms with Gasteiger partial charge in [-0.25, -0.2) is 9.59 Å². The maximum absolute atomic E-state index is 13.3. The molecule has 1 aliphatic rings. The number of aromatic hydroxyl groups is 2. The van der Waals surface area contributed by atoms with Crippen LogP contribution in [-0.4, -0.2) is 71.0 Å². The van der Waals surface area contributed by atoms with Crippen LogP contribution in [0.25, 0.3) is 10.8 Å². The number of hydrogen-bond acceptors (Lipinski definition) is 8. The molecule has 3 N–H and O–H groups in total. The van der Waals surface area contributed by atoms with E-state index in [1.54, 1.807) is 39.0 Å². The average molecular weight is 551 g/mol. The second-order valence-corrected chi connectivity index (χ2v) is 10.7. The molecule has 1 saturated heterocycles. The molecule has 0 radical (unpaired) electrons. The fraction of sp³-hybridized carbons (Fsp3) is 0.367. The lowest BCUT2D eigenvalue weighted by molar-refractivity contribution is 0.0126. The molecule has 10 heteroatoms. The Hall–Kier alpha value is -4.47. The summed E-state index contributed by atoms with van der Waals surface area (Å²) in [5.41, 5.74) is -0.453. The fourth-order valence-corrected chi connectivity index (χ4v) is 4.59.